The van der Waals surface area contributed by atoms with Crippen molar-refractivity contribution >= 4 is 12.0 Å². The van der Waals surface area contributed by atoms with Gasteiger partial charge >= 0.3 is 18.2 Å². The summed E-state index contributed by atoms with van der Waals surface area (Å²) in [7, 11) is 0. The molecule has 2 amide bonds. The van der Waals surface area contributed by atoms with E-state index in [0.29, 0.717) is 19.5 Å². The number of aliphatic carboxylic acids is 1. The van der Waals surface area contributed by atoms with Crippen LogP contribution in [0, 0.1) is 0 Å². The van der Waals surface area contributed by atoms with Crippen LogP contribution in [0.1, 0.15) is 30.0 Å². The van der Waals surface area contributed by atoms with Crippen molar-refractivity contribution in [3.63, 3.8) is 0 Å². The Morgan fingerprint density at radius 3 is 2.62 bits per heavy atom. The summed E-state index contributed by atoms with van der Waals surface area (Å²) in [6, 6.07) is 2.80. The summed E-state index contributed by atoms with van der Waals surface area (Å²) < 4.78 is 38.5. The topological polar surface area (TPSA) is 69.6 Å². The van der Waals surface area contributed by atoms with Crippen LogP contribution in [-0.2, 0) is 11.0 Å². The SMILES string of the molecule is O=C(O)C[C@@H](NC(=O)N1CC=CCC1)c1cccc(C(F)(F)F)c1. The van der Waals surface area contributed by atoms with Gasteiger partial charge in [0.15, 0.2) is 0 Å². The lowest BCUT2D eigenvalue weighted by molar-refractivity contribution is -0.138. The van der Waals surface area contributed by atoms with Gasteiger partial charge in [0.1, 0.15) is 0 Å². The van der Waals surface area contributed by atoms with Crippen LogP contribution in [0.3, 0.4) is 0 Å². The lowest BCUT2D eigenvalue weighted by Crippen LogP contribution is -2.43. The van der Waals surface area contributed by atoms with Gasteiger partial charge in [-0.1, -0.05) is 24.3 Å². The molecule has 5 nitrogen and oxygen atoms in total. The van der Waals surface area contributed by atoms with E-state index in [2.05, 4.69) is 5.32 Å². The number of alkyl halides is 3. The summed E-state index contributed by atoms with van der Waals surface area (Å²) in [6.45, 7) is 0.860. The van der Waals surface area contributed by atoms with Gasteiger partial charge in [-0.3, -0.25) is 4.79 Å². The summed E-state index contributed by atoms with van der Waals surface area (Å²) in [5, 5.41) is 11.5. The molecule has 1 aromatic rings. The molecule has 0 spiro atoms. The second kappa shape index (κ2) is 7.37. The number of hydrogen-bond acceptors (Lipinski definition) is 2. The maximum atomic E-state index is 12.8. The smallest absolute Gasteiger partial charge is 0.416 e. The Morgan fingerprint density at radius 2 is 2.04 bits per heavy atom. The highest BCUT2D eigenvalue weighted by molar-refractivity contribution is 5.76. The molecule has 0 aliphatic carbocycles. The summed E-state index contributed by atoms with van der Waals surface area (Å²) in [5.41, 5.74) is -0.779. The highest BCUT2D eigenvalue weighted by atomic mass is 19.4. The molecule has 24 heavy (non-hydrogen) atoms. The number of carboxylic acid groups (broad SMARTS) is 1. The quantitative estimate of drug-likeness (QED) is 0.826. The first-order valence-electron chi connectivity index (χ1n) is 7.37. The van der Waals surface area contributed by atoms with Gasteiger partial charge in [0.25, 0.3) is 0 Å². The molecule has 1 aliphatic rings. The van der Waals surface area contributed by atoms with Crippen molar-refractivity contribution in [3.05, 3.63) is 47.5 Å². The van der Waals surface area contributed by atoms with Crippen molar-refractivity contribution in [1.82, 2.24) is 10.2 Å². The lowest BCUT2D eigenvalue weighted by atomic mass is 10.0. The molecule has 1 aliphatic heterocycles. The van der Waals surface area contributed by atoms with E-state index in [1.807, 2.05) is 6.08 Å². The van der Waals surface area contributed by atoms with Gasteiger partial charge in [-0.05, 0) is 24.1 Å². The molecular weight excluding hydrogens is 325 g/mol. The number of carboxylic acids is 1. The van der Waals surface area contributed by atoms with Crippen molar-refractivity contribution < 1.29 is 27.9 Å². The highest BCUT2D eigenvalue weighted by Gasteiger charge is 2.31. The normalized spacial score (nSPS) is 15.9. The molecule has 2 N–H and O–H groups in total. The number of carbonyl (C=O) groups is 2. The predicted octanol–water partition coefficient (Wildman–Crippen LogP) is 3.19. The van der Waals surface area contributed by atoms with Crippen molar-refractivity contribution in [2.75, 3.05) is 13.1 Å². The molecule has 130 valence electrons. The molecule has 0 unspecified atom stereocenters. The van der Waals surface area contributed by atoms with E-state index < -0.39 is 36.2 Å². The number of hydrogen-bond donors (Lipinski definition) is 2. The van der Waals surface area contributed by atoms with Crippen LogP contribution in [0.5, 0.6) is 0 Å². The number of amides is 2. The third-order valence-electron chi connectivity index (χ3n) is 3.64. The maximum absolute atomic E-state index is 12.8. The van der Waals surface area contributed by atoms with Crippen molar-refractivity contribution in [2.24, 2.45) is 0 Å². The molecule has 0 saturated carbocycles. The molecule has 1 aromatic carbocycles. The zero-order chi connectivity index (χ0) is 17.7. The Balaban J connectivity index is 2.20. The maximum Gasteiger partial charge on any atom is 0.416 e. The lowest BCUT2D eigenvalue weighted by Gasteiger charge is -2.27. The Bertz CT molecular complexity index is 644. The fourth-order valence-corrected chi connectivity index (χ4v) is 2.42. The van der Waals surface area contributed by atoms with E-state index >= 15 is 0 Å². The minimum absolute atomic E-state index is 0.105. The van der Waals surface area contributed by atoms with Gasteiger partial charge in [-0.2, -0.15) is 13.2 Å². The van der Waals surface area contributed by atoms with Gasteiger partial charge in [0.05, 0.1) is 18.0 Å². The Labute approximate surface area is 136 Å². The van der Waals surface area contributed by atoms with Gasteiger partial charge in [0, 0.05) is 13.1 Å². The number of rotatable bonds is 4. The van der Waals surface area contributed by atoms with Crippen LogP contribution in [-0.4, -0.2) is 35.1 Å². The number of nitrogens with one attached hydrogen (secondary N) is 1. The van der Waals surface area contributed by atoms with Gasteiger partial charge in [-0.15, -0.1) is 0 Å². The minimum atomic E-state index is -4.54. The summed E-state index contributed by atoms with van der Waals surface area (Å²) >= 11 is 0. The number of benzene rings is 1. The van der Waals surface area contributed by atoms with Crippen LogP contribution in [0.15, 0.2) is 36.4 Å². The molecule has 0 bridgehead atoms. The Morgan fingerprint density at radius 1 is 1.29 bits per heavy atom. The van der Waals surface area contributed by atoms with Crippen molar-refractivity contribution in [3.8, 4) is 0 Å². The standard InChI is InChI=1S/C16H17F3N2O3/c17-16(18,19)12-6-4-5-11(9-12)13(10-14(22)23)20-15(24)21-7-2-1-3-8-21/h1-2,4-6,9,13H,3,7-8,10H2,(H,20,24)(H,22,23)/t13-/m1/s1. The molecular formula is C16H17F3N2O3. The summed E-state index contributed by atoms with van der Waals surface area (Å²) in [6.07, 6.45) is -0.631. The number of carbonyl (C=O) groups excluding carboxylic acids is 1. The van der Waals surface area contributed by atoms with E-state index in [4.69, 9.17) is 5.11 Å². The van der Waals surface area contributed by atoms with Gasteiger partial charge in [-0.25, -0.2) is 4.79 Å². The van der Waals surface area contributed by atoms with Crippen LogP contribution in [0.2, 0.25) is 0 Å². The van der Waals surface area contributed by atoms with Gasteiger partial charge in [0.2, 0.25) is 0 Å². The first kappa shape index (κ1) is 17.8. The van der Waals surface area contributed by atoms with Gasteiger partial charge < -0.3 is 15.3 Å². The fourth-order valence-electron chi connectivity index (χ4n) is 2.42. The second-order valence-electron chi connectivity index (χ2n) is 5.43. The Kier molecular flexibility index (Phi) is 5.48. The monoisotopic (exact) mass is 342 g/mol. The first-order chi connectivity index (χ1) is 11.3. The van der Waals surface area contributed by atoms with Crippen LogP contribution < -0.4 is 5.32 Å². The predicted molar refractivity (Wildman–Crippen MR) is 80.3 cm³/mol. The first-order valence-corrected chi connectivity index (χ1v) is 7.37. The third kappa shape index (κ3) is 4.74. The van der Waals surface area contributed by atoms with E-state index in [1.165, 1.54) is 17.0 Å². The number of urea groups is 1. The summed E-state index contributed by atoms with van der Waals surface area (Å²) in [4.78, 5) is 24.7. The molecule has 2 rings (SSSR count). The number of halogens is 3. The van der Waals surface area contributed by atoms with Crippen LogP contribution >= 0.6 is 0 Å². The molecule has 0 saturated heterocycles. The zero-order valence-corrected chi connectivity index (χ0v) is 12.7. The third-order valence-corrected chi connectivity index (χ3v) is 3.64. The van der Waals surface area contributed by atoms with Crippen LogP contribution in [0.25, 0.3) is 0 Å². The second-order valence-corrected chi connectivity index (χ2v) is 5.43. The van der Waals surface area contributed by atoms with Crippen molar-refractivity contribution in [1.29, 1.82) is 0 Å². The van der Waals surface area contributed by atoms with Crippen LogP contribution in [0.4, 0.5) is 18.0 Å². The molecule has 1 heterocycles. The van der Waals surface area contributed by atoms with E-state index in [1.54, 1.807) is 6.08 Å². The van der Waals surface area contributed by atoms with E-state index in [0.717, 1.165) is 12.1 Å². The molecule has 0 aromatic heterocycles. The van der Waals surface area contributed by atoms with Crippen molar-refractivity contribution in [2.45, 2.75) is 25.1 Å². The fraction of sp³-hybridized carbons (Fsp3) is 0.375. The Hall–Kier alpha value is -2.51. The number of nitrogens with zero attached hydrogens (tertiary/aromatic N) is 1. The average molecular weight is 342 g/mol. The van der Waals surface area contributed by atoms with E-state index in [9.17, 15) is 22.8 Å². The highest BCUT2D eigenvalue weighted by Crippen LogP contribution is 2.31. The average Bonchev–Trinajstić information content (AvgIpc) is 2.54. The minimum Gasteiger partial charge on any atom is -0.481 e. The molecule has 0 fully saturated rings. The molecule has 0 radical (unpaired) electrons. The zero-order valence-electron chi connectivity index (χ0n) is 12.7. The summed E-state index contributed by atoms with van der Waals surface area (Å²) in [5.74, 6) is -1.21. The largest absolute Gasteiger partial charge is 0.481 e. The van der Waals surface area contributed by atoms with E-state index in [-0.39, 0.29) is 5.56 Å². The molecule has 8 heteroatoms. The molecule has 1 atom stereocenters.